The van der Waals surface area contributed by atoms with Crippen molar-refractivity contribution in [1.82, 2.24) is 9.78 Å². The van der Waals surface area contributed by atoms with Crippen LogP contribution in [0.4, 0.5) is 5.69 Å². The van der Waals surface area contributed by atoms with Crippen LogP contribution in [-0.2, 0) is 0 Å². The van der Waals surface area contributed by atoms with Gasteiger partial charge in [-0.3, -0.25) is 0 Å². The minimum atomic E-state index is 0.457. The zero-order valence-electron chi connectivity index (χ0n) is 9.68. The summed E-state index contributed by atoms with van der Waals surface area (Å²) < 4.78 is 1.54. The van der Waals surface area contributed by atoms with E-state index in [-0.39, 0.29) is 0 Å². The molecule has 0 fully saturated rings. The quantitative estimate of drug-likeness (QED) is 0.550. The van der Waals surface area contributed by atoms with Gasteiger partial charge in [0.15, 0.2) is 16.4 Å². The average molecular weight is 223 g/mol. The summed E-state index contributed by atoms with van der Waals surface area (Å²) in [5.74, 6) is 2.79. The predicted molar refractivity (Wildman–Crippen MR) is 66.0 cm³/mol. The third-order valence-electron chi connectivity index (χ3n) is 2.39. The summed E-state index contributed by atoms with van der Waals surface area (Å²) in [6.07, 6.45) is 0. The molecule has 1 heterocycles. The molecule has 0 spiro atoms. The molecule has 1 aromatic heterocycles. The molecule has 17 heavy (non-hydrogen) atoms. The Morgan fingerprint density at radius 3 is 2.59 bits per heavy atom. The van der Waals surface area contributed by atoms with Gasteiger partial charge in [0, 0.05) is 11.6 Å². The molecule has 0 radical (unpaired) electrons. The average Bonchev–Trinajstić information content (AvgIpc) is 2.67. The molecule has 2 aromatic rings. The normalized spacial score (nSPS) is 9.24. The molecule has 82 valence electrons. The van der Waals surface area contributed by atoms with Gasteiger partial charge in [-0.05, 0) is 13.8 Å². The summed E-state index contributed by atoms with van der Waals surface area (Å²) in [6, 6.07) is 12.5. The third kappa shape index (κ3) is 1.89. The zero-order valence-corrected chi connectivity index (χ0v) is 9.68. The van der Waals surface area contributed by atoms with Crippen LogP contribution in [0.3, 0.4) is 0 Å². The fourth-order valence-corrected chi connectivity index (χ4v) is 1.68. The summed E-state index contributed by atoms with van der Waals surface area (Å²) in [5.41, 5.74) is 2.73. The molecule has 2 rings (SSSR count). The van der Waals surface area contributed by atoms with Crippen LogP contribution < -0.4 is 0 Å². The second-order valence-electron chi connectivity index (χ2n) is 3.52. The van der Waals surface area contributed by atoms with E-state index in [1.807, 2.05) is 30.3 Å². The predicted octanol–water partition coefficient (Wildman–Crippen LogP) is 3.17. The first-order valence-corrected chi connectivity index (χ1v) is 5.21. The van der Waals surface area contributed by atoms with Gasteiger partial charge in [-0.25, -0.2) is 0 Å². The van der Waals surface area contributed by atoms with Gasteiger partial charge in [0.25, 0.3) is 0 Å². The monoisotopic (exact) mass is 223 g/mol. The molecule has 4 heteroatoms. The Morgan fingerprint density at radius 1 is 1.29 bits per heavy atom. The van der Waals surface area contributed by atoms with Gasteiger partial charge in [0.05, 0.1) is 0 Å². The fourth-order valence-electron chi connectivity index (χ4n) is 1.68. The highest BCUT2D eigenvalue weighted by atomic mass is 15.3. The molecule has 0 aliphatic heterocycles. The first-order chi connectivity index (χ1) is 8.27. The lowest BCUT2D eigenvalue weighted by Gasteiger charge is -1.96. The highest BCUT2D eigenvalue weighted by molar-refractivity contribution is 5.77. The molecule has 0 N–H and O–H groups in total. The third-order valence-corrected chi connectivity index (χ3v) is 2.39. The lowest BCUT2D eigenvalue weighted by Crippen LogP contribution is -1.94. The highest BCUT2D eigenvalue weighted by Gasteiger charge is 2.26. The molecule has 0 atom stereocenters. The van der Waals surface area contributed by atoms with Gasteiger partial charge in [0.1, 0.15) is 0 Å². The summed E-state index contributed by atoms with van der Waals surface area (Å²) in [4.78, 5) is 3.30. The molecule has 0 amide bonds. The zero-order chi connectivity index (χ0) is 12.3. The van der Waals surface area contributed by atoms with E-state index in [9.17, 15) is 0 Å². The fraction of sp³-hybridized carbons (Fsp3) is 0.154. The Kier molecular flexibility index (Phi) is 2.89. The maximum atomic E-state index is 9.07. The topological polar surface area (TPSA) is 46.0 Å². The first-order valence-electron chi connectivity index (χ1n) is 5.21. The number of rotatable bonds is 1. The minimum absolute atomic E-state index is 0.457. The summed E-state index contributed by atoms with van der Waals surface area (Å²) in [5, 5.41) is 13.3. The van der Waals surface area contributed by atoms with E-state index >= 15 is 0 Å². The van der Waals surface area contributed by atoms with Crippen molar-refractivity contribution >= 4 is 5.69 Å². The van der Waals surface area contributed by atoms with E-state index < -0.39 is 0 Å². The number of aromatic nitrogens is 2. The Labute approximate surface area is 99.5 Å². The minimum Gasteiger partial charge on any atom is -0.180 e. The van der Waals surface area contributed by atoms with Crippen LogP contribution in [0.15, 0.2) is 30.3 Å². The second-order valence-corrected chi connectivity index (χ2v) is 3.52. The van der Waals surface area contributed by atoms with Crippen LogP contribution in [0.1, 0.15) is 12.6 Å². The number of nitrogens with zero attached hydrogens (tertiary/aromatic N) is 4. The standard InChI is InChI=1S/C13H11N4/c1-3-9-17-13(11-7-5-4-6-8-11)12(15-14)10(2)16-17/h4-8H,1-2H3/q+1. The van der Waals surface area contributed by atoms with E-state index in [0.717, 1.165) is 5.56 Å². The van der Waals surface area contributed by atoms with E-state index in [0.29, 0.717) is 17.1 Å². The van der Waals surface area contributed by atoms with Crippen LogP contribution in [0.2, 0.25) is 0 Å². The lowest BCUT2D eigenvalue weighted by molar-refractivity contribution is 0.901. The Hall–Kier alpha value is -2.59. The molecule has 0 saturated carbocycles. The van der Waals surface area contributed by atoms with Crippen molar-refractivity contribution in [3.8, 4) is 23.2 Å². The lowest BCUT2D eigenvalue weighted by atomic mass is 10.1. The molecule has 0 saturated heterocycles. The SMILES string of the molecule is CC#Cn1nc(C)c([N+]#N)c1-c1ccccc1. The van der Waals surface area contributed by atoms with Crippen molar-refractivity contribution in [2.45, 2.75) is 13.8 Å². The van der Waals surface area contributed by atoms with Crippen LogP contribution in [0.5, 0.6) is 0 Å². The number of aryl methyl sites for hydroxylation is 1. The van der Waals surface area contributed by atoms with Crippen molar-refractivity contribution < 1.29 is 0 Å². The summed E-state index contributed by atoms with van der Waals surface area (Å²) >= 11 is 0. The highest BCUT2D eigenvalue weighted by Crippen LogP contribution is 2.32. The molecule has 0 aliphatic carbocycles. The van der Waals surface area contributed by atoms with Crippen LogP contribution in [-0.4, -0.2) is 9.78 Å². The van der Waals surface area contributed by atoms with Crippen molar-refractivity contribution in [3.63, 3.8) is 0 Å². The van der Waals surface area contributed by atoms with Gasteiger partial charge < -0.3 is 0 Å². The summed E-state index contributed by atoms with van der Waals surface area (Å²) in [6.45, 7) is 3.52. The van der Waals surface area contributed by atoms with Gasteiger partial charge in [-0.15, -0.1) is 0 Å². The van der Waals surface area contributed by atoms with Crippen LogP contribution in [0, 0.1) is 24.3 Å². The Morgan fingerprint density at radius 2 is 2.00 bits per heavy atom. The summed E-state index contributed by atoms with van der Waals surface area (Å²) in [7, 11) is 0. The Bertz CT molecular complexity index is 636. The number of benzene rings is 1. The first kappa shape index (κ1) is 10.9. The maximum absolute atomic E-state index is 9.07. The van der Waals surface area contributed by atoms with Gasteiger partial charge >= 0.3 is 5.69 Å². The van der Waals surface area contributed by atoms with Crippen molar-refractivity contribution in [1.29, 1.82) is 5.39 Å². The van der Waals surface area contributed by atoms with E-state index in [2.05, 4.69) is 22.0 Å². The Balaban J connectivity index is 2.74. The van der Waals surface area contributed by atoms with Gasteiger partial charge in [-0.2, -0.15) is 9.78 Å². The van der Waals surface area contributed by atoms with E-state index in [1.54, 1.807) is 18.5 Å². The number of hydrogen-bond donors (Lipinski definition) is 0. The maximum Gasteiger partial charge on any atom is 0.434 e. The van der Waals surface area contributed by atoms with Gasteiger partial charge in [0.2, 0.25) is 5.39 Å². The molecule has 0 aliphatic rings. The van der Waals surface area contributed by atoms with Crippen molar-refractivity contribution in [3.05, 3.63) is 41.0 Å². The molecule has 0 bridgehead atoms. The van der Waals surface area contributed by atoms with Crippen LogP contribution in [0.25, 0.3) is 16.2 Å². The molecular formula is C13H11N4+. The number of hydrogen-bond acceptors (Lipinski definition) is 2. The molecule has 1 aromatic carbocycles. The molecule has 0 unspecified atom stereocenters. The second kappa shape index (κ2) is 4.51. The van der Waals surface area contributed by atoms with Crippen molar-refractivity contribution in [2.75, 3.05) is 0 Å². The largest absolute Gasteiger partial charge is 0.434 e. The van der Waals surface area contributed by atoms with E-state index in [4.69, 9.17) is 5.39 Å². The molecular weight excluding hydrogens is 212 g/mol. The van der Waals surface area contributed by atoms with Crippen LogP contribution >= 0.6 is 0 Å². The van der Waals surface area contributed by atoms with Crippen molar-refractivity contribution in [2.24, 2.45) is 0 Å². The van der Waals surface area contributed by atoms with Gasteiger partial charge in [-0.1, -0.05) is 36.3 Å². The number of diazo groups is 1. The smallest absolute Gasteiger partial charge is 0.180 e. The molecule has 4 nitrogen and oxygen atoms in total. The van der Waals surface area contributed by atoms with E-state index in [1.165, 1.54) is 0 Å².